The topological polar surface area (TPSA) is 737 Å². The van der Waals surface area contributed by atoms with Gasteiger partial charge in [-0.3, -0.25) is 55.6 Å². The molecule has 41 nitrogen and oxygen atoms in total. The first-order valence-corrected chi connectivity index (χ1v) is 37.3. The molecule has 0 saturated heterocycles. The van der Waals surface area contributed by atoms with Crippen LogP contribution in [0, 0.1) is 6.92 Å². The average molecular weight is 1380 g/mol. The minimum atomic E-state index is -5.43. The molecule has 5 aromatic rings. The number of H-pyrrole nitrogens is 2. The van der Waals surface area contributed by atoms with Crippen LogP contribution in [-0.2, 0) is 84.8 Å². The molecule has 82 heavy (non-hydrogen) atoms. The lowest BCUT2D eigenvalue weighted by atomic mass is 10.2. The van der Waals surface area contributed by atoms with Gasteiger partial charge in [0.2, 0.25) is 0 Å². The predicted octanol–water partition coefficient (Wildman–Crippen LogP) is -2.21. The second kappa shape index (κ2) is 28.9. The fraction of sp³-hybridized carbons (Fsp3) is 0.387. The third-order valence-electron chi connectivity index (χ3n) is 10.3. The number of aromatic nitrogens is 8. The average Bonchev–Trinajstić information content (AvgIpc) is 4.05. The maximum Gasteiger partial charge on any atom is 0.369 e. The van der Waals surface area contributed by atoms with E-state index in [1.165, 1.54) is 60.8 Å². The van der Waals surface area contributed by atoms with Gasteiger partial charge >= 0.3 is 76.0 Å². The van der Waals surface area contributed by atoms with Crippen LogP contribution in [0.1, 0.15) is 34.2 Å². The summed E-state index contributed by atoms with van der Waals surface area (Å²) < 4.78 is 111. The first-order valence-electron chi connectivity index (χ1n) is 20.9. The van der Waals surface area contributed by atoms with E-state index in [0.29, 0.717) is 0 Å². The number of hydrogen-bond acceptors (Lipinski definition) is 18. The van der Waals surface area contributed by atoms with Crippen molar-refractivity contribution < 1.29 is 159 Å². The molecular formula is C31H56N8O33P10. The molecule has 0 amide bonds. The summed E-state index contributed by atoms with van der Waals surface area (Å²) in [5.41, 5.74) is 0.638. The number of imidazole rings is 3. The van der Waals surface area contributed by atoms with E-state index in [4.69, 9.17) is 97.9 Å². The maximum atomic E-state index is 11.1. The Hall–Kier alpha value is -2.69. The highest BCUT2D eigenvalue weighted by Crippen LogP contribution is 2.70. The third-order valence-corrected chi connectivity index (χ3v) is 28.9. The summed E-state index contributed by atoms with van der Waals surface area (Å²) in [6, 6.07) is 7.35. The molecule has 0 aromatic carbocycles. The van der Waals surface area contributed by atoms with Crippen LogP contribution in [0.15, 0.2) is 80.2 Å². The molecule has 0 spiro atoms. The van der Waals surface area contributed by atoms with Gasteiger partial charge in [-0.15, -0.1) is 0 Å². The third kappa shape index (κ3) is 22.5. The van der Waals surface area contributed by atoms with Gasteiger partial charge in [0.05, 0.1) is 18.3 Å². The molecule has 5 rings (SSSR count). The fourth-order valence-electron chi connectivity index (χ4n) is 5.68. The first-order chi connectivity index (χ1) is 36.5. The Morgan fingerprint density at radius 2 is 0.915 bits per heavy atom. The minimum absolute atomic E-state index is 0.00542. The molecule has 5 aromatic heterocycles. The van der Waals surface area contributed by atoms with Gasteiger partial charge in [-0.05, 0) is 30.7 Å². The predicted molar refractivity (Wildman–Crippen MR) is 275 cm³/mol. The lowest BCUT2D eigenvalue weighted by Crippen LogP contribution is -2.31. The molecular weight excluding hydrogens is 1320 g/mol. The number of nitrogens with zero attached hydrogens (tertiary/aromatic N) is 6. The highest BCUT2D eigenvalue weighted by molar-refractivity contribution is 7.73. The standard InChI is InChI=1S/C7H11NO7P2.C7H11NO6P2.C6H12N2O7P2.C6H12N2O6P2.C5H10N2O7P2/c9-7(16(10,11)12,17(13,14)15)4-6-2-1-3-8-5-6;9-15(10,11)7(16(12,13)14)5-6-3-1-2-4-8-6;1-4-5(8-3-7-4)2-6(9,16(10,11)12)17(13,14)15;1-8-3-2-7-5(8)4-6(15(9,10)11)16(12,13)14;8-5(15(9,10)11,16(12,13)14)1-4-2-6-3-7-4/h1-3,5,9H,4H2,(H2,10,11,12)(H2,13,14,15);1-4,7H,5H2,(H2,9,10,11)(H2,12,13,14);3,9H,2H2,1H3,(H,7,8)(H2,10,11,12)(H2,13,14,15);2-3,6H,4H2,1H3,(H2,9,10,11)(H2,12,13,14);2-3,8H,1H2,(H,6,7)(H2,9,10,11)(H2,12,13,14). The Kier molecular flexibility index (Phi) is 27.2. The summed E-state index contributed by atoms with van der Waals surface area (Å²) in [5.74, 6) is 0.205. The van der Waals surface area contributed by atoms with E-state index in [-0.39, 0.29) is 34.2 Å². The molecule has 0 fully saturated rings. The zero-order valence-electron chi connectivity index (χ0n) is 41.2. The molecule has 468 valence electrons. The number of nitrogens with one attached hydrogen (secondary N) is 2. The molecule has 0 atom stereocenters. The van der Waals surface area contributed by atoms with Gasteiger partial charge in [0.25, 0.3) is 15.2 Å². The van der Waals surface area contributed by atoms with Crippen LogP contribution in [0.25, 0.3) is 0 Å². The van der Waals surface area contributed by atoms with Crippen LogP contribution in [0.4, 0.5) is 0 Å². The van der Waals surface area contributed by atoms with Crippen molar-refractivity contribution in [2.45, 2.75) is 65.1 Å². The molecule has 5 heterocycles. The zero-order valence-corrected chi connectivity index (χ0v) is 50.2. The molecule has 0 bridgehead atoms. The summed E-state index contributed by atoms with van der Waals surface area (Å²) in [6.45, 7) is 1.46. The second-order valence-corrected chi connectivity index (χ2v) is 36.6. The van der Waals surface area contributed by atoms with Crippen molar-refractivity contribution in [3.05, 3.63) is 114 Å². The fourth-order valence-corrected chi connectivity index (χ4v) is 16.8. The van der Waals surface area contributed by atoms with E-state index in [9.17, 15) is 61.0 Å². The summed E-state index contributed by atoms with van der Waals surface area (Å²) in [6.07, 6.45) is 6.55. The van der Waals surface area contributed by atoms with Crippen molar-refractivity contribution >= 4 is 76.0 Å². The summed E-state index contributed by atoms with van der Waals surface area (Å²) in [5, 5.41) is 14.3. The number of aromatic amines is 2. The van der Waals surface area contributed by atoms with E-state index < -0.39 is 134 Å². The Bertz CT molecular complexity index is 3240. The molecule has 0 saturated carbocycles. The van der Waals surface area contributed by atoms with Crippen molar-refractivity contribution in [1.29, 1.82) is 0 Å². The van der Waals surface area contributed by atoms with Crippen LogP contribution in [0.3, 0.4) is 0 Å². The maximum absolute atomic E-state index is 11.1. The van der Waals surface area contributed by atoms with Gasteiger partial charge in [-0.2, -0.15) is 0 Å². The minimum Gasteiger partial charge on any atom is -0.367 e. The van der Waals surface area contributed by atoms with Crippen molar-refractivity contribution in [1.82, 2.24) is 39.5 Å². The smallest absolute Gasteiger partial charge is 0.367 e. The SMILES string of the molecule is Cc1nc[nH]c1CC(O)(P(=O)(O)O)P(=O)(O)O.Cn1ccnc1CC(P(=O)(O)O)P(=O)(O)O.O=P(O)(O)C(Cc1ccccn1)P(=O)(O)O.O=P(O)(O)C(O)(Cc1cccnc1)P(=O)(O)O.O=P(O)(O)C(O)(Cc1cnc[nH]1)P(=O)(O)O. The normalized spacial score (nSPS) is 13.6. The lowest BCUT2D eigenvalue weighted by Gasteiger charge is -2.29. The lowest BCUT2D eigenvalue weighted by molar-refractivity contribution is 0.129. The highest BCUT2D eigenvalue weighted by atomic mass is 31.3. The number of pyridine rings is 2. The highest BCUT2D eigenvalue weighted by Gasteiger charge is 2.61. The van der Waals surface area contributed by atoms with E-state index in [2.05, 4.69) is 34.9 Å². The number of rotatable bonds is 20. The van der Waals surface area contributed by atoms with Crippen molar-refractivity contribution in [2.24, 2.45) is 7.05 Å². The quantitative estimate of drug-likeness (QED) is 0.0367. The summed E-state index contributed by atoms with van der Waals surface area (Å²) in [7, 11) is -50.4. The zero-order chi connectivity index (χ0) is 64.4. The molecule has 0 aliphatic carbocycles. The Morgan fingerprint density at radius 1 is 0.476 bits per heavy atom. The molecule has 25 N–H and O–H groups in total. The van der Waals surface area contributed by atoms with Gasteiger partial charge in [0.1, 0.15) is 5.82 Å². The molecule has 0 aliphatic heterocycles. The summed E-state index contributed by atoms with van der Waals surface area (Å²) >= 11 is 0. The molecule has 51 heteroatoms. The monoisotopic (exact) mass is 1380 g/mol. The van der Waals surface area contributed by atoms with Crippen LogP contribution >= 0.6 is 76.0 Å². The largest absolute Gasteiger partial charge is 0.369 e. The van der Waals surface area contributed by atoms with Crippen molar-refractivity contribution in [3.8, 4) is 0 Å². The van der Waals surface area contributed by atoms with Crippen LogP contribution in [0.2, 0.25) is 0 Å². The van der Waals surface area contributed by atoms with Gasteiger partial charge in [-0.25, -0.2) is 15.0 Å². The van der Waals surface area contributed by atoms with Crippen LogP contribution < -0.4 is 0 Å². The second-order valence-electron chi connectivity index (χ2n) is 16.5. The Morgan fingerprint density at radius 3 is 1.24 bits per heavy atom. The van der Waals surface area contributed by atoms with E-state index >= 15 is 0 Å². The van der Waals surface area contributed by atoms with Gasteiger partial charge in [-0.1, -0.05) is 12.1 Å². The van der Waals surface area contributed by atoms with Crippen LogP contribution in [-0.4, -0.2) is 179 Å². The summed E-state index contributed by atoms with van der Waals surface area (Å²) in [4.78, 5) is 200. The van der Waals surface area contributed by atoms with Gasteiger partial charge < -0.3 is 128 Å². The number of aliphatic hydroxyl groups is 3. The van der Waals surface area contributed by atoms with Crippen LogP contribution in [0.5, 0.6) is 0 Å². The Labute approximate surface area is 459 Å². The van der Waals surface area contributed by atoms with Gasteiger partial charge in [0.15, 0.2) is 10.8 Å². The Balaban J connectivity index is 0.000000513. The number of aryl methyl sites for hydroxylation is 2. The molecule has 0 aliphatic rings. The first kappa shape index (κ1) is 77.3. The molecule has 0 unspecified atom stereocenters. The van der Waals surface area contributed by atoms with Gasteiger partial charge in [0, 0.05) is 93.4 Å². The van der Waals surface area contributed by atoms with Crippen molar-refractivity contribution in [3.63, 3.8) is 0 Å². The van der Waals surface area contributed by atoms with E-state index in [1.807, 2.05) is 0 Å². The van der Waals surface area contributed by atoms with Crippen molar-refractivity contribution in [2.75, 3.05) is 0 Å². The molecule has 0 radical (unpaired) electrons. The van der Waals surface area contributed by atoms with E-state index in [0.717, 1.165) is 18.7 Å². The van der Waals surface area contributed by atoms with E-state index in [1.54, 1.807) is 19.2 Å². The number of hydrogen-bond donors (Lipinski definition) is 25.